The van der Waals surface area contributed by atoms with Crippen molar-refractivity contribution in [2.24, 2.45) is 0 Å². The van der Waals surface area contributed by atoms with Crippen LogP contribution in [0.15, 0.2) is 29.6 Å². The Hall–Kier alpha value is -1.96. The summed E-state index contributed by atoms with van der Waals surface area (Å²) in [5, 5.41) is -0.0659. The first-order chi connectivity index (χ1) is 10.4. The van der Waals surface area contributed by atoms with Gasteiger partial charge in [0.15, 0.2) is 16.7 Å². The van der Waals surface area contributed by atoms with Gasteiger partial charge in [-0.25, -0.2) is 18.7 Å². The van der Waals surface area contributed by atoms with Gasteiger partial charge in [-0.15, -0.1) is 0 Å². The molecule has 6 nitrogen and oxygen atoms in total. The van der Waals surface area contributed by atoms with Crippen LogP contribution in [0.5, 0.6) is 0 Å². The van der Waals surface area contributed by atoms with Gasteiger partial charge in [0.05, 0.1) is 0 Å². The molecule has 0 radical (unpaired) electrons. The molecule has 0 aromatic carbocycles. The minimum Gasteiger partial charge on any atom is -0.331 e. The van der Waals surface area contributed by atoms with E-state index in [0.717, 1.165) is 29.4 Å². The Morgan fingerprint density at radius 2 is 2.23 bits per heavy atom. The molecule has 0 fully saturated rings. The van der Waals surface area contributed by atoms with Gasteiger partial charge in [0.25, 0.3) is 10.0 Å². The Balaban J connectivity index is 2.02. The van der Waals surface area contributed by atoms with E-state index in [0.29, 0.717) is 0 Å². The van der Waals surface area contributed by atoms with Crippen molar-refractivity contribution in [1.29, 1.82) is 0 Å². The van der Waals surface area contributed by atoms with E-state index in [4.69, 9.17) is 0 Å². The lowest BCUT2D eigenvalue weighted by Gasteiger charge is -2.20. The van der Waals surface area contributed by atoms with Crippen molar-refractivity contribution >= 4 is 15.8 Å². The summed E-state index contributed by atoms with van der Waals surface area (Å²) in [5.41, 5.74) is 0. The monoisotopic (exact) mass is 324 g/mol. The number of hydrogen-bond donors (Lipinski definition) is 0. The molecule has 1 atom stereocenters. The van der Waals surface area contributed by atoms with Gasteiger partial charge in [-0.2, -0.15) is 8.42 Å². The molecule has 0 amide bonds. The lowest BCUT2D eigenvalue weighted by Crippen LogP contribution is -2.28. The summed E-state index contributed by atoms with van der Waals surface area (Å²) in [6, 6.07) is 2.81. The van der Waals surface area contributed by atoms with Gasteiger partial charge in [0.1, 0.15) is 5.82 Å². The summed E-state index contributed by atoms with van der Waals surface area (Å²) >= 11 is 0. The average Bonchev–Trinajstić information content (AvgIpc) is 2.93. The van der Waals surface area contributed by atoms with Crippen molar-refractivity contribution in [3.63, 3.8) is 0 Å². The highest BCUT2D eigenvalue weighted by Crippen LogP contribution is 2.28. The number of aromatic nitrogens is 3. The molecular formula is C14H17FN4O2S. The van der Waals surface area contributed by atoms with Crippen molar-refractivity contribution in [2.75, 3.05) is 11.4 Å². The molecule has 0 bridgehead atoms. The predicted molar refractivity (Wildman–Crippen MR) is 79.7 cm³/mol. The third kappa shape index (κ3) is 2.37. The van der Waals surface area contributed by atoms with Gasteiger partial charge in [-0.05, 0) is 31.9 Å². The number of anilines is 1. The molecule has 118 valence electrons. The molecule has 0 spiro atoms. The third-order valence-electron chi connectivity index (χ3n) is 3.95. The molecule has 0 unspecified atom stereocenters. The van der Waals surface area contributed by atoms with Crippen LogP contribution in [-0.4, -0.2) is 30.0 Å². The molecule has 0 N–H and O–H groups in total. The summed E-state index contributed by atoms with van der Waals surface area (Å²) in [6.07, 6.45) is 5.62. The van der Waals surface area contributed by atoms with E-state index in [2.05, 4.69) is 9.97 Å². The molecule has 0 saturated heterocycles. The van der Waals surface area contributed by atoms with Crippen LogP contribution in [0.25, 0.3) is 0 Å². The molecule has 22 heavy (non-hydrogen) atoms. The number of imidazole rings is 1. The van der Waals surface area contributed by atoms with E-state index in [-0.39, 0.29) is 16.9 Å². The number of halogens is 1. The quantitative estimate of drug-likeness (QED) is 0.867. The number of nitrogens with zero attached hydrogens (tertiary/aromatic N) is 4. The van der Waals surface area contributed by atoms with Crippen LogP contribution < -0.4 is 4.31 Å². The lowest BCUT2D eigenvalue weighted by molar-refractivity contribution is 0.425. The topological polar surface area (TPSA) is 68.1 Å². The maximum atomic E-state index is 13.8. The Morgan fingerprint density at radius 1 is 1.45 bits per heavy atom. The Bertz CT molecular complexity index is 803. The predicted octanol–water partition coefficient (Wildman–Crippen LogP) is 2.14. The maximum Gasteiger partial charge on any atom is 0.284 e. The van der Waals surface area contributed by atoms with E-state index in [1.54, 1.807) is 0 Å². The molecule has 1 aliphatic heterocycles. The number of rotatable bonds is 3. The maximum absolute atomic E-state index is 13.8. The molecule has 1 aliphatic rings. The number of pyridine rings is 1. The number of aryl methyl sites for hydroxylation is 1. The van der Waals surface area contributed by atoms with Crippen LogP contribution >= 0.6 is 0 Å². The highest BCUT2D eigenvalue weighted by Gasteiger charge is 2.29. The van der Waals surface area contributed by atoms with Gasteiger partial charge < -0.3 is 4.57 Å². The van der Waals surface area contributed by atoms with Crippen molar-refractivity contribution < 1.29 is 12.8 Å². The largest absolute Gasteiger partial charge is 0.331 e. The second kappa shape index (κ2) is 5.35. The van der Waals surface area contributed by atoms with Gasteiger partial charge in [0.2, 0.25) is 0 Å². The molecule has 0 saturated carbocycles. The second-order valence-electron chi connectivity index (χ2n) is 5.43. The summed E-state index contributed by atoms with van der Waals surface area (Å²) in [4.78, 5) is 8.04. The van der Waals surface area contributed by atoms with Crippen molar-refractivity contribution in [2.45, 2.75) is 37.3 Å². The SMILES string of the molecule is C[C@@H]1CCCc2nc(S(=O)(=O)N(C)c3ncccc3F)cn21. The number of fused-ring (bicyclic) bond motifs is 1. The van der Waals surface area contributed by atoms with E-state index in [1.807, 2.05) is 11.5 Å². The number of hydrogen-bond acceptors (Lipinski definition) is 4. The summed E-state index contributed by atoms with van der Waals surface area (Å²) in [7, 11) is -2.65. The highest BCUT2D eigenvalue weighted by atomic mass is 32.2. The molecule has 2 aromatic rings. The normalized spacial score (nSPS) is 18.0. The van der Waals surface area contributed by atoms with Gasteiger partial charge in [0, 0.05) is 31.9 Å². The van der Waals surface area contributed by atoms with Crippen molar-refractivity contribution in [3.8, 4) is 0 Å². The molecule has 8 heteroatoms. The fraction of sp³-hybridized carbons (Fsp3) is 0.429. The van der Waals surface area contributed by atoms with Crippen LogP contribution in [0, 0.1) is 5.82 Å². The van der Waals surface area contributed by atoms with E-state index in [9.17, 15) is 12.8 Å². The first kappa shape index (κ1) is 15.0. The lowest BCUT2D eigenvalue weighted by atomic mass is 10.1. The highest BCUT2D eigenvalue weighted by molar-refractivity contribution is 7.92. The smallest absolute Gasteiger partial charge is 0.284 e. The summed E-state index contributed by atoms with van der Waals surface area (Å²) in [5.74, 6) is -0.167. The summed E-state index contributed by atoms with van der Waals surface area (Å²) < 4.78 is 41.8. The Morgan fingerprint density at radius 3 is 2.91 bits per heavy atom. The van der Waals surface area contributed by atoms with Crippen LogP contribution in [-0.2, 0) is 16.4 Å². The first-order valence-electron chi connectivity index (χ1n) is 7.08. The van der Waals surface area contributed by atoms with Crippen LogP contribution in [0.3, 0.4) is 0 Å². The first-order valence-corrected chi connectivity index (χ1v) is 8.52. The van der Waals surface area contributed by atoms with Crippen LogP contribution in [0.2, 0.25) is 0 Å². The zero-order valence-corrected chi connectivity index (χ0v) is 13.2. The molecule has 0 aliphatic carbocycles. The Labute approximate surface area is 128 Å². The third-order valence-corrected chi connectivity index (χ3v) is 5.57. The summed E-state index contributed by atoms with van der Waals surface area (Å²) in [6.45, 7) is 2.03. The standard InChI is InChI=1S/C14H17FN4O2S/c1-10-5-3-7-12-17-13(9-19(10)12)22(20,21)18(2)14-11(15)6-4-8-16-14/h4,6,8-10H,3,5,7H2,1-2H3/t10-/m1/s1. The van der Waals surface area contributed by atoms with Crippen molar-refractivity contribution in [1.82, 2.24) is 14.5 Å². The fourth-order valence-electron chi connectivity index (χ4n) is 2.66. The molecule has 3 heterocycles. The molecule has 2 aromatic heterocycles. The van der Waals surface area contributed by atoms with Gasteiger partial charge in [-0.1, -0.05) is 0 Å². The minimum absolute atomic E-state index is 0.0659. The second-order valence-corrected chi connectivity index (χ2v) is 7.34. The van der Waals surface area contributed by atoms with E-state index >= 15 is 0 Å². The van der Waals surface area contributed by atoms with Gasteiger partial charge in [-0.3, -0.25) is 0 Å². The minimum atomic E-state index is -3.93. The van der Waals surface area contributed by atoms with Crippen molar-refractivity contribution in [3.05, 3.63) is 36.2 Å². The Kier molecular flexibility index (Phi) is 3.64. The van der Waals surface area contributed by atoms with E-state index in [1.165, 1.54) is 31.6 Å². The number of sulfonamides is 1. The fourth-order valence-corrected chi connectivity index (χ4v) is 3.77. The van der Waals surface area contributed by atoms with E-state index < -0.39 is 15.8 Å². The van der Waals surface area contributed by atoms with Crippen LogP contribution in [0.1, 0.15) is 31.6 Å². The zero-order valence-electron chi connectivity index (χ0n) is 12.4. The molecule has 3 rings (SSSR count). The average molecular weight is 324 g/mol. The van der Waals surface area contributed by atoms with Gasteiger partial charge >= 0.3 is 0 Å². The van der Waals surface area contributed by atoms with Crippen LogP contribution in [0.4, 0.5) is 10.2 Å². The zero-order chi connectivity index (χ0) is 15.9. The molecular weight excluding hydrogens is 307 g/mol.